The Morgan fingerprint density at radius 3 is 2.22 bits per heavy atom. The second-order valence-corrected chi connectivity index (χ2v) is 5.40. The number of hydrogen-bond acceptors (Lipinski definition) is 4. The molecule has 0 bridgehead atoms. The SMILES string of the molecule is COc1cc(CNNc2ccccc2)ccc1OC(F)(F)C(F)C(F)(F)F. The van der Waals surface area contributed by atoms with E-state index >= 15 is 0 Å². The topological polar surface area (TPSA) is 42.5 Å². The fourth-order valence-electron chi connectivity index (χ4n) is 2.06. The van der Waals surface area contributed by atoms with Crippen molar-refractivity contribution in [3.05, 3.63) is 54.1 Å². The number of methoxy groups -OCH3 is 1. The zero-order valence-electron chi connectivity index (χ0n) is 14.0. The Kier molecular flexibility index (Phi) is 6.42. The molecule has 0 saturated heterocycles. The van der Waals surface area contributed by atoms with Crippen molar-refractivity contribution >= 4 is 5.69 Å². The molecule has 0 heterocycles. The van der Waals surface area contributed by atoms with Crippen LogP contribution in [0.15, 0.2) is 48.5 Å². The van der Waals surface area contributed by atoms with Crippen molar-refractivity contribution in [1.82, 2.24) is 5.43 Å². The monoisotopic (exact) mass is 394 g/mol. The molecule has 2 rings (SSSR count). The molecule has 0 radical (unpaired) electrons. The van der Waals surface area contributed by atoms with Gasteiger partial charge in [-0.3, -0.25) is 0 Å². The van der Waals surface area contributed by atoms with Crippen molar-refractivity contribution in [3.8, 4) is 11.5 Å². The maximum atomic E-state index is 13.4. The molecule has 0 spiro atoms. The Balaban J connectivity index is 2.05. The summed E-state index contributed by atoms with van der Waals surface area (Å²) in [6, 6.07) is 12.7. The molecule has 0 fully saturated rings. The van der Waals surface area contributed by atoms with E-state index in [4.69, 9.17) is 4.74 Å². The summed E-state index contributed by atoms with van der Waals surface area (Å²) in [5.41, 5.74) is 7.11. The lowest BCUT2D eigenvalue weighted by Crippen LogP contribution is -2.45. The number of alkyl halides is 6. The molecule has 27 heavy (non-hydrogen) atoms. The summed E-state index contributed by atoms with van der Waals surface area (Å²) in [6.45, 7) is 0.232. The van der Waals surface area contributed by atoms with Gasteiger partial charge < -0.3 is 14.9 Å². The van der Waals surface area contributed by atoms with Gasteiger partial charge in [0.05, 0.1) is 7.11 Å². The third-order valence-electron chi connectivity index (χ3n) is 3.36. The molecule has 0 aliphatic carbocycles. The highest BCUT2D eigenvalue weighted by Gasteiger charge is 2.59. The molecule has 0 aliphatic heterocycles. The van der Waals surface area contributed by atoms with E-state index in [0.717, 1.165) is 18.9 Å². The lowest BCUT2D eigenvalue weighted by Gasteiger charge is -2.24. The zero-order chi connectivity index (χ0) is 20.1. The highest BCUT2D eigenvalue weighted by molar-refractivity contribution is 5.44. The van der Waals surface area contributed by atoms with E-state index in [1.165, 1.54) is 12.1 Å². The molecule has 2 N–H and O–H groups in total. The first-order valence-electron chi connectivity index (χ1n) is 7.62. The van der Waals surface area contributed by atoms with Gasteiger partial charge in [0.25, 0.3) is 6.17 Å². The van der Waals surface area contributed by atoms with E-state index in [0.29, 0.717) is 5.56 Å². The van der Waals surface area contributed by atoms with Crippen LogP contribution in [0.1, 0.15) is 5.56 Å². The van der Waals surface area contributed by atoms with Gasteiger partial charge in [-0.05, 0) is 29.8 Å². The number of halogens is 6. The molecular formula is C17H16F6N2O2. The maximum absolute atomic E-state index is 13.4. The number of hydrazine groups is 1. The van der Waals surface area contributed by atoms with Crippen molar-refractivity contribution in [1.29, 1.82) is 0 Å². The van der Waals surface area contributed by atoms with Crippen LogP contribution in [-0.4, -0.2) is 25.6 Å². The van der Waals surface area contributed by atoms with Crippen molar-refractivity contribution < 1.29 is 35.8 Å². The van der Waals surface area contributed by atoms with Gasteiger partial charge in [-0.15, -0.1) is 0 Å². The molecule has 0 aliphatic rings. The molecule has 148 valence electrons. The van der Waals surface area contributed by atoms with Crippen LogP contribution in [0.2, 0.25) is 0 Å². The van der Waals surface area contributed by atoms with Crippen LogP contribution in [0, 0.1) is 0 Å². The minimum Gasteiger partial charge on any atom is -0.493 e. The second-order valence-electron chi connectivity index (χ2n) is 5.40. The van der Waals surface area contributed by atoms with E-state index < -0.39 is 24.2 Å². The normalized spacial score (nSPS) is 13.1. The van der Waals surface area contributed by atoms with Crippen LogP contribution in [0.4, 0.5) is 32.0 Å². The van der Waals surface area contributed by atoms with Crippen LogP contribution >= 0.6 is 0 Å². The number of nitrogens with one attached hydrogen (secondary N) is 2. The van der Waals surface area contributed by atoms with Gasteiger partial charge in [-0.25, -0.2) is 9.82 Å². The first kappa shape index (κ1) is 20.7. The number of ether oxygens (including phenoxy) is 2. The Morgan fingerprint density at radius 2 is 1.63 bits per heavy atom. The first-order valence-corrected chi connectivity index (χ1v) is 7.62. The fraction of sp³-hybridized carbons (Fsp3) is 0.294. The van der Waals surface area contributed by atoms with Gasteiger partial charge in [0.15, 0.2) is 11.5 Å². The molecule has 4 nitrogen and oxygen atoms in total. The van der Waals surface area contributed by atoms with Crippen molar-refractivity contribution in [3.63, 3.8) is 0 Å². The smallest absolute Gasteiger partial charge is 0.439 e. The van der Waals surface area contributed by atoms with E-state index in [9.17, 15) is 26.3 Å². The molecule has 10 heteroatoms. The lowest BCUT2D eigenvalue weighted by molar-refractivity contribution is -0.305. The first-order chi connectivity index (χ1) is 12.6. The van der Waals surface area contributed by atoms with Crippen LogP contribution < -0.4 is 20.3 Å². The molecule has 0 saturated carbocycles. The molecule has 1 unspecified atom stereocenters. The minimum atomic E-state index is -5.76. The van der Waals surface area contributed by atoms with Gasteiger partial charge in [0.1, 0.15) is 0 Å². The van der Waals surface area contributed by atoms with Crippen molar-refractivity contribution in [2.24, 2.45) is 0 Å². The summed E-state index contributed by atoms with van der Waals surface area (Å²) in [5, 5.41) is 0. The van der Waals surface area contributed by atoms with E-state index in [2.05, 4.69) is 15.6 Å². The molecule has 2 aromatic carbocycles. The third kappa shape index (κ3) is 5.68. The average Bonchev–Trinajstić information content (AvgIpc) is 2.62. The summed E-state index contributed by atoms with van der Waals surface area (Å²) in [7, 11) is 1.12. The molecular weight excluding hydrogens is 378 g/mol. The predicted molar refractivity (Wildman–Crippen MR) is 86.4 cm³/mol. The number of hydrogen-bond donors (Lipinski definition) is 2. The highest BCUT2D eigenvalue weighted by Crippen LogP contribution is 2.39. The van der Waals surface area contributed by atoms with Gasteiger partial charge in [0, 0.05) is 12.2 Å². The number of anilines is 1. The minimum absolute atomic E-state index is 0.232. The summed E-state index contributed by atoms with van der Waals surface area (Å²) in [4.78, 5) is 0. The van der Waals surface area contributed by atoms with Crippen molar-refractivity contribution in [2.45, 2.75) is 25.0 Å². The quantitative estimate of drug-likeness (QED) is 0.504. The Labute approximate surface area is 151 Å². The van der Waals surface area contributed by atoms with E-state index in [-0.39, 0.29) is 12.3 Å². The van der Waals surface area contributed by atoms with Crippen molar-refractivity contribution in [2.75, 3.05) is 12.5 Å². The fourth-order valence-corrected chi connectivity index (χ4v) is 2.06. The summed E-state index contributed by atoms with van der Waals surface area (Å²) in [6.07, 6.45) is -15.3. The largest absolute Gasteiger partial charge is 0.493 e. The Bertz CT molecular complexity index is 740. The summed E-state index contributed by atoms with van der Waals surface area (Å²) in [5.74, 6) is -0.975. The molecule has 0 amide bonds. The number of benzene rings is 2. The van der Waals surface area contributed by atoms with Gasteiger partial charge in [-0.1, -0.05) is 24.3 Å². The van der Waals surface area contributed by atoms with Gasteiger partial charge in [-0.2, -0.15) is 22.0 Å². The van der Waals surface area contributed by atoms with Crippen LogP contribution in [0.3, 0.4) is 0 Å². The van der Waals surface area contributed by atoms with E-state index in [1.807, 2.05) is 18.2 Å². The highest BCUT2D eigenvalue weighted by atomic mass is 19.4. The van der Waals surface area contributed by atoms with Crippen LogP contribution in [0.5, 0.6) is 11.5 Å². The van der Waals surface area contributed by atoms with Gasteiger partial charge in [0.2, 0.25) is 0 Å². The molecule has 0 aromatic heterocycles. The number of rotatable bonds is 8. The Morgan fingerprint density at radius 1 is 0.963 bits per heavy atom. The third-order valence-corrected chi connectivity index (χ3v) is 3.36. The van der Waals surface area contributed by atoms with E-state index in [1.54, 1.807) is 12.1 Å². The second kappa shape index (κ2) is 8.38. The zero-order valence-corrected chi connectivity index (χ0v) is 14.0. The summed E-state index contributed by atoms with van der Waals surface area (Å²) < 4.78 is 85.2. The standard InChI is InChI=1S/C17H16F6N2O2/c1-26-14-9-11(10-24-25-12-5-3-2-4-6-12)7-8-13(14)27-17(22,23)15(18)16(19,20)21/h2-9,15,24-25H,10H2,1H3. The summed E-state index contributed by atoms with van der Waals surface area (Å²) >= 11 is 0. The molecule has 2 aromatic rings. The maximum Gasteiger partial charge on any atom is 0.439 e. The Hall–Kier alpha value is -2.62. The number of para-hydroxylation sites is 1. The van der Waals surface area contributed by atoms with Crippen LogP contribution in [-0.2, 0) is 6.54 Å². The van der Waals surface area contributed by atoms with Crippen LogP contribution in [0.25, 0.3) is 0 Å². The average molecular weight is 394 g/mol. The lowest BCUT2D eigenvalue weighted by atomic mass is 10.2. The van der Waals surface area contributed by atoms with Gasteiger partial charge >= 0.3 is 12.3 Å². The molecule has 1 atom stereocenters. The predicted octanol–water partition coefficient (Wildman–Crippen LogP) is 4.68.